The van der Waals surface area contributed by atoms with E-state index in [9.17, 15) is 4.79 Å². The van der Waals surface area contributed by atoms with Crippen molar-refractivity contribution in [3.05, 3.63) is 28.8 Å². The number of nitrogens with zero attached hydrogens (tertiary/aromatic N) is 1. The number of amides is 1. The molecule has 0 aliphatic carbocycles. The summed E-state index contributed by atoms with van der Waals surface area (Å²) in [5.74, 6) is 0.803. The van der Waals surface area contributed by atoms with Gasteiger partial charge in [0.05, 0.1) is 0 Å². The molecule has 1 aromatic rings. The second kappa shape index (κ2) is 7.09. The van der Waals surface area contributed by atoms with Gasteiger partial charge < -0.3 is 10.2 Å². The molecule has 1 N–H and O–H groups in total. The first-order valence-electron chi connectivity index (χ1n) is 7.29. The molecule has 0 bridgehead atoms. The molecule has 1 saturated heterocycles. The molecule has 1 amide bonds. The maximum atomic E-state index is 12.0. The van der Waals surface area contributed by atoms with E-state index in [2.05, 4.69) is 17.3 Å². The zero-order chi connectivity index (χ0) is 14.5. The predicted octanol–water partition coefficient (Wildman–Crippen LogP) is 3.71. The fourth-order valence-electron chi connectivity index (χ4n) is 2.67. The SMILES string of the molecule is Cc1cc(Cl)ccc1NC(=O)CCC1CCN(C)CC1. The molecule has 20 heavy (non-hydrogen) atoms. The van der Waals surface area contributed by atoms with Crippen LogP contribution in [0, 0.1) is 12.8 Å². The van der Waals surface area contributed by atoms with Gasteiger partial charge in [-0.1, -0.05) is 11.6 Å². The van der Waals surface area contributed by atoms with E-state index in [0.29, 0.717) is 17.4 Å². The second-order valence-electron chi connectivity index (χ2n) is 5.79. The van der Waals surface area contributed by atoms with Crippen LogP contribution >= 0.6 is 11.6 Å². The number of carbonyl (C=O) groups excluding carboxylic acids is 1. The monoisotopic (exact) mass is 294 g/mol. The third-order valence-electron chi connectivity index (χ3n) is 4.08. The molecule has 0 spiro atoms. The summed E-state index contributed by atoms with van der Waals surface area (Å²) in [6.07, 6.45) is 4.02. The first kappa shape index (κ1) is 15.3. The minimum atomic E-state index is 0.106. The van der Waals surface area contributed by atoms with Crippen molar-refractivity contribution in [3.63, 3.8) is 0 Å². The number of likely N-dealkylation sites (tertiary alicyclic amines) is 1. The third-order valence-corrected chi connectivity index (χ3v) is 4.32. The van der Waals surface area contributed by atoms with Crippen LogP contribution in [0.4, 0.5) is 5.69 Å². The van der Waals surface area contributed by atoms with Gasteiger partial charge in [-0.15, -0.1) is 0 Å². The minimum absolute atomic E-state index is 0.106. The summed E-state index contributed by atoms with van der Waals surface area (Å²) in [6, 6.07) is 5.54. The van der Waals surface area contributed by atoms with Gasteiger partial charge in [0, 0.05) is 17.1 Å². The Balaban J connectivity index is 1.78. The molecule has 3 nitrogen and oxygen atoms in total. The summed E-state index contributed by atoms with van der Waals surface area (Å²) in [6.45, 7) is 4.27. The van der Waals surface area contributed by atoms with E-state index in [1.165, 1.54) is 12.8 Å². The highest BCUT2D eigenvalue weighted by Gasteiger charge is 2.17. The number of rotatable bonds is 4. The predicted molar refractivity (Wildman–Crippen MR) is 84.3 cm³/mol. The van der Waals surface area contributed by atoms with Crippen molar-refractivity contribution in [1.82, 2.24) is 4.90 Å². The number of hydrogen-bond donors (Lipinski definition) is 1. The second-order valence-corrected chi connectivity index (χ2v) is 6.23. The lowest BCUT2D eigenvalue weighted by Gasteiger charge is -2.28. The van der Waals surface area contributed by atoms with Crippen LogP contribution in [0.1, 0.15) is 31.2 Å². The lowest BCUT2D eigenvalue weighted by Crippen LogP contribution is -2.30. The standard InChI is InChI=1S/C16H23ClN2O/c1-12-11-14(17)4-5-15(12)18-16(20)6-3-13-7-9-19(2)10-8-13/h4-5,11,13H,3,6-10H2,1-2H3,(H,18,20). The van der Waals surface area contributed by atoms with Crippen LogP contribution in [0.3, 0.4) is 0 Å². The Morgan fingerprint density at radius 3 is 2.75 bits per heavy atom. The van der Waals surface area contributed by atoms with Gasteiger partial charge in [0.2, 0.25) is 5.91 Å². The van der Waals surface area contributed by atoms with Gasteiger partial charge in [-0.25, -0.2) is 0 Å². The number of hydrogen-bond acceptors (Lipinski definition) is 2. The van der Waals surface area contributed by atoms with E-state index in [1.807, 2.05) is 19.1 Å². The fraction of sp³-hybridized carbons (Fsp3) is 0.562. The van der Waals surface area contributed by atoms with Crippen molar-refractivity contribution < 1.29 is 4.79 Å². The molecule has 1 fully saturated rings. The number of anilines is 1. The molecular weight excluding hydrogens is 272 g/mol. The van der Waals surface area contributed by atoms with Crippen LogP contribution in [0.25, 0.3) is 0 Å². The normalized spacial score (nSPS) is 17.1. The van der Waals surface area contributed by atoms with Crippen molar-refractivity contribution in [2.45, 2.75) is 32.6 Å². The summed E-state index contributed by atoms with van der Waals surface area (Å²) < 4.78 is 0. The molecule has 0 unspecified atom stereocenters. The lowest BCUT2D eigenvalue weighted by molar-refractivity contribution is -0.116. The average molecular weight is 295 g/mol. The first-order chi connectivity index (χ1) is 9.54. The maximum Gasteiger partial charge on any atom is 0.224 e. The van der Waals surface area contributed by atoms with Gasteiger partial charge in [0.25, 0.3) is 0 Å². The number of nitrogens with one attached hydrogen (secondary N) is 1. The van der Waals surface area contributed by atoms with Crippen LogP contribution in [0.15, 0.2) is 18.2 Å². The first-order valence-corrected chi connectivity index (χ1v) is 7.67. The Morgan fingerprint density at radius 1 is 1.40 bits per heavy atom. The number of benzene rings is 1. The van der Waals surface area contributed by atoms with E-state index in [0.717, 1.165) is 30.8 Å². The number of halogens is 1. The van der Waals surface area contributed by atoms with Crippen LogP contribution < -0.4 is 5.32 Å². The molecule has 1 aliphatic rings. The molecule has 1 aliphatic heterocycles. The lowest BCUT2D eigenvalue weighted by atomic mass is 9.92. The molecule has 4 heteroatoms. The Morgan fingerprint density at radius 2 is 2.10 bits per heavy atom. The summed E-state index contributed by atoms with van der Waals surface area (Å²) >= 11 is 5.91. The molecule has 1 aromatic carbocycles. The van der Waals surface area contributed by atoms with E-state index in [1.54, 1.807) is 6.07 Å². The summed E-state index contributed by atoms with van der Waals surface area (Å²) in [7, 11) is 2.16. The van der Waals surface area contributed by atoms with Crippen molar-refractivity contribution >= 4 is 23.2 Å². The molecule has 110 valence electrons. The molecule has 0 radical (unpaired) electrons. The average Bonchev–Trinajstić information content (AvgIpc) is 2.41. The minimum Gasteiger partial charge on any atom is -0.326 e. The summed E-state index contributed by atoms with van der Waals surface area (Å²) in [4.78, 5) is 14.4. The number of piperidine rings is 1. The van der Waals surface area contributed by atoms with E-state index >= 15 is 0 Å². The smallest absolute Gasteiger partial charge is 0.224 e. The zero-order valence-corrected chi connectivity index (χ0v) is 13.0. The molecule has 2 rings (SSSR count). The van der Waals surface area contributed by atoms with E-state index in [4.69, 9.17) is 11.6 Å². The van der Waals surface area contributed by atoms with Gasteiger partial charge in [0.15, 0.2) is 0 Å². The molecule has 1 heterocycles. The van der Waals surface area contributed by atoms with Gasteiger partial charge in [0.1, 0.15) is 0 Å². The summed E-state index contributed by atoms with van der Waals surface area (Å²) in [5, 5.41) is 3.68. The van der Waals surface area contributed by atoms with Gasteiger partial charge >= 0.3 is 0 Å². The topological polar surface area (TPSA) is 32.3 Å². The molecule has 0 saturated carbocycles. The molecule has 0 atom stereocenters. The van der Waals surface area contributed by atoms with Crippen molar-refractivity contribution in [2.24, 2.45) is 5.92 Å². The van der Waals surface area contributed by atoms with Crippen LogP contribution in [-0.4, -0.2) is 30.9 Å². The Bertz CT molecular complexity index is 468. The van der Waals surface area contributed by atoms with E-state index < -0.39 is 0 Å². The largest absolute Gasteiger partial charge is 0.326 e. The number of carbonyl (C=O) groups is 1. The fourth-order valence-corrected chi connectivity index (χ4v) is 2.89. The molecular formula is C16H23ClN2O. The van der Waals surface area contributed by atoms with Crippen LogP contribution in [-0.2, 0) is 4.79 Å². The summed E-state index contributed by atoms with van der Waals surface area (Å²) in [5.41, 5.74) is 1.87. The number of aryl methyl sites for hydroxylation is 1. The highest BCUT2D eigenvalue weighted by atomic mass is 35.5. The highest BCUT2D eigenvalue weighted by molar-refractivity contribution is 6.30. The molecule has 0 aromatic heterocycles. The highest BCUT2D eigenvalue weighted by Crippen LogP contribution is 2.23. The van der Waals surface area contributed by atoms with E-state index in [-0.39, 0.29) is 5.91 Å². The van der Waals surface area contributed by atoms with Gasteiger partial charge in [-0.3, -0.25) is 4.79 Å². The quantitative estimate of drug-likeness (QED) is 0.918. The van der Waals surface area contributed by atoms with Crippen LogP contribution in [0.5, 0.6) is 0 Å². The third kappa shape index (κ3) is 4.50. The Kier molecular flexibility index (Phi) is 5.44. The van der Waals surface area contributed by atoms with Crippen molar-refractivity contribution in [3.8, 4) is 0 Å². The van der Waals surface area contributed by atoms with Crippen molar-refractivity contribution in [2.75, 3.05) is 25.5 Å². The van der Waals surface area contributed by atoms with Gasteiger partial charge in [-0.05, 0) is 76.0 Å². The Labute approximate surface area is 126 Å². The Hall–Kier alpha value is -1.06. The van der Waals surface area contributed by atoms with Crippen LogP contribution in [0.2, 0.25) is 5.02 Å². The maximum absolute atomic E-state index is 12.0. The van der Waals surface area contributed by atoms with Crippen molar-refractivity contribution in [1.29, 1.82) is 0 Å². The van der Waals surface area contributed by atoms with Gasteiger partial charge in [-0.2, -0.15) is 0 Å². The zero-order valence-electron chi connectivity index (χ0n) is 12.3.